The summed E-state index contributed by atoms with van der Waals surface area (Å²) in [6, 6.07) is 9.97. The molecule has 2 rings (SSSR count). The van der Waals surface area contributed by atoms with Crippen LogP contribution in [0.5, 0.6) is 0 Å². The average Bonchev–Trinajstić information content (AvgIpc) is 2.40. The predicted octanol–water partition coefficient (Wildman–Crippen LogP) is 2.07. The Balaban J connectivity index is 2.13. The van der Waals surface area contributed by atoms with Gasteiger partial charge in [0.25, 0.3) is 0 Å². The minimum absolute atomic E-state index is 0.577. The highest BCUT2D eigenvalue weighted by molar-refractivity contribution is 5.58. The number of hydrogen-bond donors (Lipinski definition) is 3. The molecule has 0 spiro atoms. The van der Waals surface area contributed by atoms with E-state index in [0.29, 0.717) is 11.6 Å². The van der Waals surface area contributed by atoms with Crippen LogP contribution in [-0.2, 0) is 6.42 Å². The van der Waals surface area contributed by atoms with Crippen molar-refractivity contribution in [2.75, 3.05) is 10.7 Å². The molecule has 0 bridgehead atoms. The molecule has 17 heavy (non-hydrogen) atoms. The Morgan fingerprint density at radius 2 is 1.82 bits per heavy atom. The number of hydrogen-bond acceptors (Lipinski definition) is 5. The summed E-state index contributed by atoms with van der Waals surface area (Å²) in [6.07, 6.45) is 2.49. The van der Waals surface area contributed by atoms with Crippen molar-refractivity contribution < 1.29 is 0 Å². The van der Waals surface area contributed by atoms with Crippen molar-refractivity contribution in [3.63, 3.8) is 0 Å². The van der Waals surface area contributed by atoms with Crippen LogP contribution in [-0.4, -0.2) is 9.97 Å². The molecule has 5 heteroatoms. The smallest absolute Gasteiger partial charge is 0.145 e. The third kappa shape index (κ3) is 2.92. The molecule has 1 heterocycles. The second kappa shape index (κ2) is 5.27. The van der Waals surface area contributed by atoms with Gasteiger partial charge in [-0.05, 0) is 24.1 Å². The molecule has 5 nitrogen and oxygen atoms in total. The molecule has 0 fully saturated rings. The fourth-order valence-electron chi connectivity index (χ4n) is 1.48. The summed E-state index contributed by atoms with van der Waals surface area (Å²) in [5.74, 6) is 6.56. The van der Waals surface area contributed by atoms with Crippen LogP contribution in [0.15, 0.2) is 36.7 Å². The van der Waals surface area contributed by atoms with Crippen LogP contribution in [0, 0.1) is 0 Å². The topological polar surface area (TPSA) is 75.9 Å². The summed E-state index contributed by atoms with van der Waals surface area (Å²) >= 11 is 0. The maximum Gasteiger partial charge on any atom is 0.145 e. The maximum absolute atomic E-state index is 5.28. The first-order valence-corrected chi connectivity index (χ1v) is 5.46. The van der Waals surface area contributed by atoms with E-state index in [1.165, 1.54) is 11.9 Å². The van der Waals surface area contributed by atoms with Crippen molar-refractivity contribution in [1.29, 1.82) is 0 Å². The van der Waals surface area contributed by atoms with Gasteiger partial charge in [0.05, 0.1) is 0 Å². The molecule has 0 aliphatic carbocycles. The third-order valence-electron chi connectivity index (χ3n) is 2.45. The molecule has 1 aromatic heterocycles. The Kier molecular flexibility index (Phi) is 3.52. The van der Waals surface area contributed by atoms with Gasteiger partial charge in [-0.25, -0.2) is 15.8 Å². The van der Waals surface area contributed by atoms with Gasteiger partial charge in [0, 0.05) is 11.8 Å². The van der Waals surface area contributed by atoms with Crippen LogP contribution in [0.4, 0.5) is 17.3 Å². The molecule has 0 saturated heterocycles. The van der Waals surface area contributed by atoms with E-state index < -0.39 is 0 Å². The normalized spacial score (nSPS) is 10.0. The van der Waals surface area contributed by atoms with E-state index in [4.69, 9.17) is 5.84 Å². The SMILES string of the molecule is CCc1ccc(Nc2cc(NN)ncn2)cc1. The zero-order valence-corrected chi connectivity index (χ0v) is 9.64. The van der Waals surface area contributed by atoms with Crippen molar-refractivity contribution in [1.82, 2.24) is 9.97 Å². The predicted molar refractivity (Wildman–Crippen MR) is 68.9 cm³/mol. The van der Waals surface area contributed by atoms with E-state index >= 15 is 0 Å². The molecular weight excluding hydrogens is 214 g/mol. The average molecular weight is 229 g/mol. The van der Waals surface area contributed by atoms with Crippen LogP contribution < -0.4 is 16.6 Å². The first-order valence-electron chi connectivity index (χ1n) is 5.46. The standard InChI is InChI=1S/C12H15N5/c1-2-9-3-5-10(6-4-9)16-11-7-12(17-13)15-8-14-11/h3-8H,2,13H2,1H3,(H2,14,15,16,17). The third-order valence-corrected chi connectivity index (χ3v) is 2.45. The van der Waals surface area contributed by atoms with Crippen LogP contribution in [0.1, 0.15) is 12.5 Å². The van der Waals surface area contributed by atoms with Crippen LogP contribution in [0.3, 0.4) is 0 Å². The Hall–Kier alpha value is -2.14. The van der Waals surface area contributed by atoms with E-state index in [9.17, 15) is 0 Å². The van der Waals surface area contributed by atoms with E-state index in [2.05, 4.69) is 39.8 Å². The second-order valence-corrected chi connectivity index (χ2v) is 3.61. The number of nitrogens with two attached hydrogens (primary N) is 1. The molecule has 2 aromatic rings. The quantitative estimate of drug-likeness (QED) is 0.552. The molecule has 88 valence electrons. The summed E-state index contributed by atoms with van der Waals surface area (Å²) in [7, 11) is 0. The van der Waals surface area contributed by atoms with Gasteiger partial charge in [0.2, 0.25) is 0 Å². The maximum atomic E-state index is 5.28. The van der Waals surface area contributed by atoms with Gasteiger partial charge in [-0.1, -0.05) is 19.1 Å². The van der Waals surface area contributed by atoms with Crippen molar-refractivity contribution in [2.24, 2.45) is 5.84 Å². The molecular formula is C12H15N5. The zero-order chi connectivity index (χ0) is 12.1. The number of rotatable bonds is 4. The molecule has 0 unspecified atom stereocenters. The fourth-order valence-corrected chi connectivity index (χ4v) is 1.48. The molecule has 0 aliphatic heterocycles. The number of aryl methyl sites for hydroxylation is 1. The van der Waals surface area contributed by atoms with E-state index in [1.807, 2.05) is 12.1 Å². The van der Waals surface area contributed by atoms with E-state index in [-0.39, 0.29) is 0 Å². The Morgan fingerprint density at radius 1 is 1.12 bits per heavy atom. The van der Waals surface area contributed by atoms with Crippen molar-refractivity contribution in [2.45, 2.75) is 13.3 Å². The number of nitrogens with one attached hydrogen (secondary N) is 2. The Morgan fingerprint density at radius 3 is 2.47 bits per heavy atom. The van der Waals surface area contributed by atoms with E-state index in [0.717, 1.165) is 12.1 Å². The minimum atomic E-state index is 0.577. The number of aromatic nitrogens is 2. The van der Waals surface area contributed by atoms with Gasteiger partial charge in [-0.15, -0.1) is 0 Å². The highest BCUT2D eigenvalue weighted by Gasteiger charge is 1.98. The molecule has 0 radical (unpaired) electrons. The van der Waals surface area contributed by atoms with Crippen molar-refractivity contribution in [3.05, 3.63) is 42.2 Å². The molecule has 0 saturated carbocycles. The highest BCUT2D eigenvalue weighted by Crippen LogP contribution is 2.16. The number of benzene rings is 1. The fraction of sp³-hybridized carbons (Fsp3) is 0.167. The van der Waals surface area contributed by atoms with Gasteiger partial charge >= 0.3 is 0 Å². The molecule has 4 N–H and O–H groups in total. The lowest BCUT2D eigenvalue weighted by molar-refractivity contribution is 1.13. The number of hydrazine groups is 1. The van der Waals surface area contributed by atoms with Crippen LogP contribution in [0.2, 0.25) is 0 Å². The lowest BCUT2D eigenvalue weighted by atomic mass is 10.1. The summed E-state index contributed by atoms with van der Waals surface area (Å²) in [5, 5.41) is 3.18. The number of nitrogen functional groups attached to an aromatic ring is 1. The van der Waals surface area contributed by atoms with Crippen molar-refractivity contribution >= 4 is 17.3 Å². The Bertz CT molecular complexity index is 481. The van der Waals surface area contributed by atoms with Gasteiger partial charge in [0.15, 0.2) is 0 Å². The van der Waals surface area contributed by atoms with Crippen molar-refractivity contribution in [3.8, 4) is 0 Å². The summed E-state index contributed by atoms with van der Waals surface area (Å²) in [6.45, 7) is 2.13. The highest BCUT2D eigenvalue weighted by atomic mass is 15.3. The first kappa shape index (κ1) is 11.3. The second-order valence-electron chi connectivity index (χ2n) is 3.61. The van der Waals surface area contributed by atoms with Crippen LogP contribution >= 0.6 is 0 Å². The largest absolute Gasteiger partial charge is 0.340 e. The first-order chi connectivity index (χ1) is 8.31. The summed E-state index contributed by atoms with van der Waals surface area (Å²) in [5.41, 5.74) is 4.78. The van der Waals surface area contributed by atoms with E-state index in [1.54, 1.807) is 6.07 Å². The summed E-state index contributed by atoms with van der Waals surface area (Å²) in [4.78, 5) is 8.05. The van der Waals surface area contributed by atoms with Gasteiger partial charge in [-0.2, -0.15) is 0 Å². The Labute approximate surface area is 100 Å². The summed E-state index contributed by atoms with van der Waals surface area (Å²) < 4.78 is 0. The molecule has 0 aliphatic rings. The minimum Gasteiger partial charge on any atom is -0.340 e. The molecule has 1 aromatic carbocycles. The number of nitrogens with zero attached hydrogens (tertiary/aromatic N) is 2. The molecule has 0 atom stereocenters. The lowest BCUT2D eigenvalue weighted by Crippen LogP contribution is -2.09. The zero-order valence-electron chi connectivity index (χ0n) is 9.64. The van der Waals surface area contributed by atoms with Gasteiger partial charge in [0.1, 0.15) is 18.0 Å². The number of anilines is 3. The monoisotopic (exact) mass is 229 g/mol. The lowest BCUT2D eigenvalue weighted by Gasteiger charge is -2.07. The van der Waals surface area contributed by atoms with Crippen LogP contribution in [0.25, 0.3) is 0 Å². The van der Waals surface area contributed by atoms with Gasteiger partial charge < -0.3 is 10.7 Å². The van der Waals surface area contributed by atoms with Gasteiger partial charge in [-0.3, -0.25) is 0 Å². The molecule has 0 amide bonds.